The van der Waals surface area contributed by atoms with Gasteiger partial charge in [-0.3, -0.25) is 0 Å². The average Bonchev–Trinajstić information content (AvgIpc) is 2.51. The summed E-state index contributed by atoms with van der Waals surface area (Å²) in [6.07, 6.45) is 0. The number of aromatic nitrogens is 1. The van der Waals surface area contributed by atoms with Gasteiger partial charge < -0.3 is 9.80 Å². The smallest absolute Gasteiger partial charge is 0.185 e. The molecule has 1 aromatic rings. The lowest BCUT2D eigenvalue weighted by atomic mass is 10.2. The number of hydrogen-bond acceptors (Lipinski definition) is 4. The number of rotatable bonds is 1. The Balaban J connectivity index is 2.11. The molecule has 2 heterocycles. The van der Waals surface area contributed by atoms with Crippen molar-refractivity contribution in [3.05, 3.63) is 11.1 Å². The zero-order chi connectivity index (χ0) is 10.1. The van der Waals surface area contributed by atoms with Crippen molar-refractivity contribution in [3.63, 3.8) is 0 Å². The van der Waals surface area contributed by atoms with Crippen molar-refractivity contribution >= 4 is 16.5 Å². The molecule has 0 unspecified atom stereocenters. The fraction of sp³-hybridized carbons (Fsp3) is 0.700. The minimum atomic E-state index is 0.583. The van der Waals surface area contributed by atoms with Gasteiger partial charge in [0.25, 0.3) is 0 Å². The van der Waals surface area contributed by atoms with Crippen molar-refractivity contribution in [2.45, 2.75) is 19.9 Å². The first kappa shape index (κ1) is 9.93. The lowest BCUT2D eigenvalue weighted by molar-refractivity contribution is 0.275. The highest BCUT2D eigenvalue weighted by molar-refractivity contribution is 7.13. The van der Waals surface area contributed by atoms with Crippen LogP contribution in [0.4, 0.5) is 5.13 Å². The summed E-state index contributed by atoms with van der Waals surface area (Å²) in [4.78, 5) is 9.33. The molecule has 3 nitrogen and oxygen atoms in total. The summed E-state index contributed by atoms with van der Waals surface area (Å²) in [5.41, 5.74) is 1.14. The lowest BCUT2D eigenvalue weighted by Gasteiger charge is -2.38. The van der Waals surface area contributed by atoms with Gasteiger partial charge in [0.15, 0.2) is 5.13 Å². The standard InChI is InChI=1S/C10H17N3S/c1-8-7-14-10(11-8)13-5-4-12(3)6-9(13)2/h7,9H,4-6H2,1-3H3/t9-/m0/s1. The minimum Gasteiger partial charge on any atom is -0.343 e. The molecule has 0 N–H and O–H groups in total. The second kappa shape index (κ2) is 3.87. The first-order chi connectivity index (χ1) is 6.66. The van der Waals surface area contributed by atoms with Gasteiger partial charge in [-0.15, -0.1) is 11.3 Å². The van der Waals surface area contributed by atoms with Crippen LogP contribution in [0.25, 0.3) is 0 Å². The molecule has 14 heavy (non-hydrogen) atoms. The molecule has 2 rings (SSSR count). The molecule has 1 aliphatic rings. The SMILES string of the molecule is Cc1csc(N2CCN(C)C[C@@H]2C)n1. The fourth-order valence-corrected chi connectivity index (χ4v) is 2.83. The first-order valence-electron chi connectivity index (χ1n) is 5.04. The van der Waals surface area contributed by atoms with Crippen LogP contribution in [-0.2, 0) is 0 Å². The van der Waals surface area contributed by atoms with Gasteiger partial charge in [0.2, 0.25) is 0 Å². The van der Waals surface area contributed by atoms with E-state index in [2.05, 4.69) is 41.1 Å². The third-order valence-electron chi connectivity index (χ3n) is 2.68. The molecular formula is C10H17N3S. The largest absolute Gasteiger partial charge is 0.343 e. The van der Waals surface area contributed by atoms with Crippen molar-refractivity contribution in [1.29, 1.82) is 0 Å². The molecule has 4 heteroatoms. The monoisotopic (exact) mass is 211 g/mol. The average molecular weight is 211 g/mol. The number of aryl methyl sites for hydroxylation is 1. The van der Waals surface area contributed by atoms with Gasteiger partial charge in [0.05, 0.1) is 5.69 Å². The van der Waals surface area contributed by atoms with Crippen molar-refractivity contribution in [2.24, 2.45) is 0 Å². The Morgan fingerprint density at radius 2 is 2.29 bits per heavy atom. The van der Waals surface area contributed by atoms with Crippen LogP contribution in [0, 0.1) is 6.92 Å². The lowest BCUT2D eigenvalue weighted by Crippen LogP contribution is -2.50. The Hall–Kier alpha value is -0.610. The van der Waals surface area contributed by atoms with E-state index in [1.807, 2.05) is 0 Å². The fourth-order valence-electron chi connectivity index (χ4n) is 1.90. The van der Waals surface area contributed by atoms with Crippen molar-refractivity contribution < 1.29 is 0 Å². The van der Waals surface area contributed by atoms with Crippen LogP contribution in [0.5, 0.6) is 0 Å². The Kier molecular flexibility index (Phi) is 2.74. The van der Waals surface area contributed by atoms with Crippen LogP contribution < -0.4 is 4.90 Å². The number of thiazole rings is 1. The summed E-state index contributed by atoms with van der Waals surface area (Å²) in [5, 5.41) is 3.31. The van der Waals surface area contributed by atoms with Crippen LogP contribution in [0.3, 0.4) is 0 Å². The molecule has 1 saturated heterocycles. The van der Waals surface area contributed by atoms with Crippen molar-refractivity contribution in [1.82, 2.24) is 9.88 Å². The van der Waals surface area contributed by atoms with Crippen LogP contribution in [-0.4, -0.2) is 42.6 Å². The van der Waals surface area contributed by atoms with Gasteiger partial charge in [-0.2, -0.15) is 0 Å². The maximum absolute atomic E-state index is 4.54. The molecule has 1 atom stereocenters. The molecule has 1 aromatic heterocycles. The summed E-state index contributed by atoms with van der Waals surface area (Å²) >= 11 is 1.76. The zero-order valence-corrected chi connectivity index (χ0v) is 9.84. The van der Waals surface area contributed by atoms with Gasteiger partial charge in [-0.1, -0.05) is 0 Å². The molecule has 0 aliphatic carbocycles. The molecule has 1 aliphatic heterocycles. The Morgan fingerprint density at radius 3 is 2.86 bits per heavy atom. The quantitative estimate of drug-likeness (QED) is 0.703. The maximum atomic E-state index is 4.54. The van der Waals surface area contributed by atoms with E-state index in [1.54, 1.807) is 11.3 Å². The summed E-state index contributed by atoms with van der Waals surface area (Å²) in [6, 6.07) is 0.583. The summed E-state index contributed by atoms with van der Waals surface area (Å²) in [6.45, 7) is 7.71. The van der Waals surface area contributed by atoms with E-state index in [4.69, 9.17) is 0 Å². The molecule has 1 fully saturated rings. The molecule has 0 spiro atoms. The van der Waals surface area contributed by atoms with E-state index in [9.17, 15) is 0 Å². The third-order valence-corrected chi connectivity index (χ3v) is 3.68. The van der Waals surface area contributed by atoms with Gasteiger partial charge in [0.1, 0.15) is 0 Å². The number of anilines is 1. The minimum absolute atomic E-state index is 0.583. The normalized spacial score (nSPS) is 24.2. The van der Waals surface area contributed by atoms with Crippen LogP contribution in [0.2, 0.25) is 0 Å². The molecule has 0 saturated carbocycles. The van der Waals surface area contributed by atoms with Crippen LogP contribution in [0.15, 0.2) is 5.38 Å². The third kappa shape index (κ3) is 1.91. The number of piperazine rings is 1. The van der Waals surface area contributed by atoms with Crippen molar-refractivity contribution in [2.75, 3.05) is 31.6 Å². The Labute approximate surface area is 89.4 Å². The number of nitrogens with zero attached hydrogens (tertiary/aromatic N) is 3. The van der Waals surface area contributed by atoms with E-state index in [-0.39, 0.29) is 0 Å². The van der Waals surface area contributed by atoms with Crippen molar-refractivity contribution in [3.8, 4) is 0 Å². The Morgan fingerprint density at radius 1 is 1.50 bits per heavy atom. The van der Waals surface area contributed by atoms with E-state index < -0.39 is 0 Å². The Bertz CT molecular complexity index is 310. The molecule has 0 amide bonds. The van der Waals surface area contributed by atoms with Crippen LogP contribution in [0.1, 0.15) is 12.6 Å². The second-order valence-corrected chi connectivity index (χ2v) is 4.91. The second-order valence-electron chi connectivity index (χ2n) is 4.08. The van der Waals surface area contributed by atoms with Gasteiger partial charge in [-0.05, 0) is 20.9 Å². The van der Waals surface area contributed by atoms with E-state index in [1.165, 1.54) is 5.13 Å². The number of hydrogen-bond donors (Lipinski definition) is 0. The highest BCUT2D eigenvalue weighted by atomic mass is 32.1. The van der Waals surface area contributed by atoms with E-state index in [0.29, 0.717) is 6.04 Å². The van der Waals surface area contributed by atoms with Gasteiger partial charge >= 0.3 is 0 Å². The summed E-state index contributed by atoms with van der Waals surface area (Å²) in [7, 11) is 2.18. The molecule has 0 bridgehead atoms. The predicted molar refractivity (Wildman–Crippen MR) is 61.2 cm³/mol. The molecule has 0 radical (unpaired) electrons. The number of likely N-dealkylation sites (N-methyl/N-ethyl adjacent to an activating group) is 1. The molecule has 78 valence electrons. The van der Waals surface area contributed by atoms with Crippen LogP contribution >= 0.6 is 11.3 Å². The zero-order valence-electron chi connectivity index (χ0n) is 9.03. The summed E-state index contributed by atoms with van der Waals surface area (Å²) in [5.74, 6) is 0. The predicted octanol–water partition coefficient (Wildman–Crippen LogP) is 1.59. The highest BCUT2D eigenvalue weighted by Crippen LogP contribution is 2.23. The summed E-state index contributed by atoms with van der Waals surface area (Å²) < 4.78 is 0. The van der Waals surface area contributed by atoms with Gasteiger partial charge in [-0.25, -0.2) is 4.98 Å². The topological polar surface area (TPSA) is 19.4 Å². The van der Waals surface area contributed by atoms with E-state index >= 15 is 0 Å². The first-order valence-corrected chi connectivity index (χ1v) is 5.92. The molecular weight excluding hydrogens is 194 g/mol. The maximum Gasteiger partial charge on any atom is 0.185 e. The van der Waals surface area contributed by atoms with E-state index in [0.717, 1.165) is 25.3 Å². The highest BCUT2D eigenvalue weighted by Gasteiger charge is 2.23. The molecule has 0 aromatic carbocycles. The van der Waals surface area contributed by atoms with Gasteiger partial charge in [0, 0.05) is 31.1 Å².